The fourth-order valence-electron chi connectivity index (χ4n) is 5.34. The van der Waals surface area contributed by atoms with E-state index >= 15 is 4.39 Å². The molecule has 0 aromatic carbocycles. The summed E-state index contributed by atoms with van der Waals surface area (Å²) < 4.78 is 48.1. The number of ether oxygens (including phenoxy) is 2. The van der Waals surface area contributed by atoms with Gasteiger partial charge in [-0.25, -0.2) is 14.4 Å². The lowest BCUT2D eigenvalue weighted by Gasteiger charge is -2.44. The second-order valence-electron chi connectivity index (χ2n) is 13.2. The highest BCUT2D eigenvalue weighted by atomic mass is 32.5. The fraction of sp³-hybridized carbons (Fsp3) is 0.654. The van der Waals surface area contributed by atoms with Crippen molar-refractivity contribution in [1.82, 2.24) is 34.5 Å². The van der Waals surface area contributed by atoms with Crippen LogP contribution in [0.1, 0.15) is 32.7 Å². The lowest BCUT2D eigenvalue weighted by atomic mass is 10.1. The van der Waals surface area contributed by atoms with E-state index < -0.39 is 76.3 Å². The second kappa shape index (κ2) is 13.8. The monoisotopic (exact) mass is 761 g/mol. The highest BCUT2D eigenvalue weighted by Crippen LogP contribution is 2.55. The third-order valence-corrected chi connectivity index (χ3v) is 15.1. The maximum Gasteiger partial charge on any atom is 0.326 e. The molecule has 3 aromatic heterocycles. The van der Waals surface area contributed by atoms with Gasteiger partial charge >= 0.3 is 6.72 Å². The van der Waals surface area contributed by atoms with Crippen molar-refractivity contribution in [3.63, 3.8) is 0 Å². The summed E-state index contributed by atoms with van der Waals surface area (Å²) in [5.41, 5.74) is 8.98. The molecule has 2 aliphatic heterocycles. The minimum absolute atomic E-state index is 0.0248. The number of nitrogens with one attached hydrogen (secondary N) is 1. The Labute approximate surface area is 291 Å². The predicted molar refractivity (Wildman–Crippen MR) is 184 cm³/mol. The van der Waals surface area contributed by atoms with Crippen molar-refractivity contribution >= 4 is 62.3 Å². The summed E-state index contributed by atoms with van der Waals surface area (Å²) in [7, 11) is -1.29. The van der Waals surface area contributed by atoms with E-state index in [0.29, 0.717) is 0 Å². The van der Waals surface area contributed by atoms with Gasteiger partial charge in [-0.1, -0.05) is 26.0 Å². The number of amidine groups is 1. The van der Waals surface area contributed by atoms with Gasteiger partial charge in [-0.2, -0.15) is 9.67 Å². The summed E-state index contributed by atoms with van der Waals surface area (Å²) in [6, 6.07) is 0. The Bertz CT molecular complexity index is 1890. The number of aliphatic hydroxyl groups excluding tert-OH is 2. The van der Waals surface area contributed by atoms with Crippen LogP contribution in [0, 0.1) is 0 Å². The Hall–Kier alpha value is -3.09. The van der Waals surface area contributed by atoms with E-state index in [4.69, 9.17) is 46.2 Å². The Morgan fingerprint density at radius 2 is 2.08 bits per heavy atom. The molecule has 50 heavy (non-hydrogen) atoms. The molecule has 276 valence electrons. The van der Waals surface area contributed by atoms with E-state index in [1.54, 1.807) is 0 Å². The van der Waals surface area contributed by atoms with E-state index in [1.165, 1.54) is 17.9 Å². The Balaban J connectivity index is 1.48. The number of rotatable bonds is 12. The lowest BCUT2D eigenvalue weighted by Crippen LogP contribution is -2.56. The van der Waals surface area contributed by atoms with Crippen molar-refractivity contribution in [1.29, 1.82) is 0 Å². The second-order valence-corrected chi connectivity index (χ2v) is 20.8. The first-order valence-corrected chi connectivity index (χ1v) is 20.7. The Morgan fingerprint density at radius 1 is 1.38 bits per heavy atom. The standard InChI is InChI=1S/C26H41FN11O9PSSi/c1-25(2,3)50(6,7)46-18-12(8-39)43-10-26(18,37-11-32-16-21(37)33-24(29)34-22(16)41)47-48(42,49)44-9-13-17(40)14(27)23(45-13)38-20(31-5)15(35-36-38)19(28)30-4/h11-14,17-18,23,39-40H,5,8-10H2,1-4,6-7H3,(H2,28,30)(H,42,49)(H3,29,33,34,41)/t12-,13-,14+,17-,18?,23-,26+,48?/m1/s1. The molecule has 0 spiro atoms. The molecule has 0 aliphatic carbocycles. The van der Waals surface area contributed by atoms with Gasteiger partial charge in [0.1, 0.15) is 30.3 Å². The van der Waals surface area contributed by atoms with Crippen LogP contribution >= 0.6 is 6.72 Å². The number of H-pyrrole nitrogens is 1. The molecule has 0 bridgehead atoms. The topological polar surface area (TPSA) is 278 Å². The van der Waals surface area contributed by atoms with Crippen LogP contribution in [0.2, 0.25) is 18.1 Å². The number of aromatic nitrogens is 7. The van der Waals surface area contributed by atoms with Crippen LogP contribution in [0.3, 0.4) is 0 Å². The van der Waals surface area contributed by atoms with Crippen LogP contribution in [-0.4, -0.2) is 128 Å². The van der Waals surface area contributed by atoms with Crippen molar-refractivity contribution in [2.45, 2.75) is 81.4 Å². The molecule has 24 heteroatoms. The first-order valence-electron chi connectivity index (χ1n) is 15.2. The highest BCUT2D eigenvalue weighted by molar-refractivity contribution is 8.07. The van der Waals surface area contributed by atoms with Crippen LogP contribution in [0.15, 0.2) is 21.1 Å². The van der Waals surface area contributed by atoms with Crippen LogP contribution in [-0.2, 0) is 40.5 Å². The quantitative estimate of drug-likeness (QED) is 0.0610. The number of aromatic amines is 1. The first-order chi connectivity index (χ1) is 23.3. The van der Waals surface area contributed by atoms with Crippen molar-refractivity contribution in [2.24, 2.45) is 15.7 Å². The van der Waals surface area contributed by atoms with E-state index in [9.17, 15) is 19.9 Å². The maximum atomic E-state index is 15.5. The van der Waals surface area contributed by atoms with Gasteiger partial charge in [0.25, 0.3) is 5.56 Å². The van der Waals surface area contributed by atoms with Crippen LogP contribution < -0.4 is 17.0 Å². The number of imidazole rings is 1. The van der Waals surface area contributed by atoms with Crippen LogP contribution in [0.5, 0.6) is 0 Å². The molecule has 2 fully saturated rings. The van der Waals surface area contributed by atoms with Crippen molar-refractivity contribution in [3.8, 4) is 0 Å². The molecule has 2 saturated heterocycles. The zero-order valence-corrected chi connectivity index (χ0v) is 30.8. The number of hydrogen-bond donors (Lipinski definition) is 6. The molecule has 8 N–H and O–H groups in total. The molecule has 2 unspecified atom stereocenters. The summed E-state index contributed by atoms with van der Waals surface area (Å²) in [6.07, 6.45) is -7.74. The minimum Gasteiger partial charge on any atom is -0.406 e. The number of aliphatic hydroxyl groups is 2. The zero-order chi connectivity index (χ0) is 37.0. The number of nitrogens with two attached hydrogens (primary N) is 2. The number of halogens is 1. The summed E-state index contributed by atoms with van der Waals surface area (Å²) >= 11 is 5.46. The van der Waals surface area contributed by atoms with Crippen LogP contribution in [0.4, 0.5) is 16.2 Å². The number of anilines is 1. The summed E-state index contributed by atoms with van der Waals surface area (Å²) in [6.45, 7) is 7.35. The van der Waals surface area contributed by atoms with Crippen molar-refractivity contribution in [2.75, 3.05) is 32.6 Å². The van der Waals surface area contributed by atoms with Gasteiger partial charge in [0.2, 0.25) is 11.7 Å². The van der Waals surface area contributed by atoms with Crippen molar-refractivity contribution < 1.29 is 42.4 Å². The number of alkyl halides is 1. The molecule has 5 heterocycles. The maximum absolute atomic E-state index is 15.5. The van der Waals surface area contributed by atoms with E-state index in [0.717, 1.165) is 4.68 Å². The van der Waals surface area contributed by atoms with Gasteiger partial charge in [-0.15, -0.1) is 5.10 Å². The Kier molecular flexibility index (Phi) is 10.5. The molecule has 0 amide bonds. The number of hydrogen-bond acceptors (Lipinski definition) is 16. The predicted octanol–water partition coefficient (Wildman–Crippen LogP) is -0.0586. The third kappa shape index (κ3) is 6.79. The molecule has 8 atom stereocenters. The molecular weight excluding hydrogens is 720 g/mol. The van der Waals surface area contributed by atoms with Gasteiger partial charge < -0.3 is 45.0 Å². The van der Waals surface area contributed by atoms with Crippen molar-refractivity contribution in [3.05, 3.63) is 22.4 Å². The average molecular weight is 762 g/mol. The smallest absolute Gasteiger partial charge is 0.326 e. The molecule has 0 saturated carbocycles. The van der Waals surface area contributed by atoms with Crippen LogP contribution in [0.25, 0.3) is 11.2 Å². The number of nitrogen functional groups attached to an aromatic ring is 1. The fourth-order valence-corrected chi connectivity index (χ4v) is 8.27. The van der Waals surface area contributed by atoms with Gasteiger partial charge in [0.05, 0.1) is 26.1 Å². The first kappa shape index (κ1) is 38.1. The third-order valence-electron chi connectivity index (χ3n) is 9.04. The van der Waals surface area contributed by atoms with Gasteiger partial charge in [0.15, 0.2) is 43.4 Å². The molecule has 0 radical (unpaired) electrons. The van der Waals surface area contributed by atoms with E-state index in [-0.39, 0.29) is 46.1 Å². The largest absolute Gasteiger partial charge is 0.406 e. The zero-order valence-electron chi connectivity index (χ0n) is 28.1. The highest BCUT2D eigenvalue weighted by Gasteiger charge is 2.59. The summed E-state index contributed by atoms with van der Waals surface area (Å²) in [5.74, 6) is -0.330. The molecule has 3 aromatic rings. The number of nitrogens with zero attached hydrogens (tertiary/aromatic N) is 8. The number of aliphatic imine (C=N–C) groups is 2. The van der Waals surface area contributed by atoms with E-state index in [2.05, 4.69) is 42.0 Å². The van der Waals surface area contributed by atoms with Gasteiger partial charge in [0, 0.05) is 7.05 Å². The minimum atomic E-state index is -4.44. The van der Waals surface area contributed by atoms with Gasteiger partial charge in [-0.3, -0.25) is 23.9 Å². The van der Waals surface area contributed by atoms with Gasteiger partial charge in [-0.05, 0) is 36.7 Å². The normalized spacial score (nSPS) is 29.1. The SMILES string of the molecule is C=Nc1c(/C(N)=N\C)nnn1[C@@H]1O[C@H](COP(O)(=S)O[C@@]2(n3cnc4c(=O)[nH]c(N)nc43)CO[C@H](CO)C2O[Si](C)(C)C(C)(C)C)[C@@H](O)[C@@H]1F. The lowest BCUT2D eigenvalue weighted by molar-refractivity contribution is -0.0974. The molecular formula is C26H41FN11O9PSSi. The summed E-state index contributed by atoms with van der Waals surface area (Å²) in [4.78, 5) is 42.8. The summed E-state index contributed by atoms with van der Waals surface area (Å²) in [5, 5.41) is 28.5. The number of fused-ring (bicyclic) bond motifs is 1. The average Bonchev–Trinajstić information content (AvgIpc) is 3.80. The van der Waals surface area contributed by atoms with E-state index in [1.807, 2.05) is 33.9 Å². The molecule has 2 aliphatic rings. The molecule has 5 rings (SSSR count). The Morgan fingerprint density at radius 3 is 2.70 bits per heavy atom. The molecule has 20 nitrogen and oxygen atoms in total.